The van der Waals surface area contributed by atoms with Crippen molar-refractivity contribution in [3.8, 4) is 0 Å². The number of para-hydroxylation sites is 1. The first-order chi connectivity index (χ1) is 14.5. The maximum absolute atomic E-state index is 12.6. The minimum absolute atomic E-state index is 0.204. The minimum Gasteiger partial charge on any atom is -0.452 e. The molecule has 0 atom stereocenters. The van der Waals surface area contributed by atoms with E-state index in [4.69, 9.17) is 16.3 Å². The number of hydrogen-bond acceptors (Lipinski definition) is 5. The Bertz CT molecular complexity index is 1040. The number of thiophene rings is 1. The number of amides is 2. The first-order valence-electron chi connectivity index (χ1n) is 9.04. The molecule has 3 aromatic rings. The van der Waals surface area contributed by atoms with E-state index < -0.39 is 18.5 Å². The molecule has 2 aromatic carbocycles. The van der Waals surface area contributed by atoms with Gasteiger partial charge in [0.2, 0.25) is 0 Å². The number of nitrogens with zero attached hydrogens (tertiary/aromatic N) is 1. The van der Waals surface area contributed by atoms with Crippen LogP contribution in [-0.4, -0.2) is 31.4 Å². The maximum Gasteiger partial charge on any atom is 0.340 e. The number of benzene rings is 2. The van der Waals surface area contributed by atoms with Crippen molar-refractivity contribution >= 4 is 46.4 Å². The van der Waals surface area contributed by atoms with E-state index in [1.54, 1.807) is 67.7 Å². The summed E-state index contributed by atoms with van der Waals surface area (Å²) in [4.78, 5) is 39.1. The molecule has 0 bridgehead atoms. The van der Waals surface area contributed by atoms with E-state index in [1.807, 2.05) is 5.38 Å². The van der Waals surface area contributed by atoms with Gasteiger partial charge in [0.1, 0.15) is 0 Å². The molecule has 2 amide bonds. The molecule has 0 aliphatic rings. The predicted octanol–water partition coefficient (Wildman–Crippen LogP) is 4.15. The lowest BCUT2D eigenvalue weighted by Gasteiger charge is -2.19. The van der Waals surface area contributed by atoms with Gasteiger partial charge in [-0.25, -0.2) is 4.79 Å². The summed E-state index contributed by atoms with van der Waals surface area (Å²) in [5.74, 6) is -1.34. The lowest BCUT2D eigenvalue weighted by Crippen LogP contribution is -2.30. The van der Waals surface area contributed by atoms with Crippen LogP contribution in [0.1, 0.15) is 25.6 Å². The fraction of sp³-hybridized carbons (Fsp3) is 0.136. The van der Waals surface area contributed by atoms with E-state index in [-0.39, 0.29) is 11.5 Å². The number of ether oxygens (including phenoxy) is 1. The van der Waals surface area contributed by atoms with Gasteiger partial charge in [0.25, 0.3) is 11.8 Å². The smallest absolute Gasteiger partial charge is 0.340 e. The molecule has 1 aromatic heterocycles. The average Bonchev–Trinajstić information content (AvgIpc) is 3.31. The molecule has 0 fully saturated rings. The van der Waals surface area contributed by atoms with Gasteiger partial charge in [-0.1, -0.05) is 41.9 Å². The Morgan fingerprint density at radius 3 is 2.47 bits per heavy atom. The number of carbonyl (C=O) groups excluding carboxylic acids is 3. The van der Waals surface area contributed by atoms with Crippen LogP contribution in [0.4, 0.5) is 5.69 Å². The van der Waals surface area contributed by atoms with Crippen molar-refractivity contribution in [3.05, 3.63) is 87.1 Å². The highest BCUT2D eigenvalue weighted by molar-refractivity contribution is 7.12. The van der Waals surface area contributed by atoms with Crippen LogP contribution >= 0.6 is 22.9 Å². The number of hydrogen-bond donors (Lipinski definition) is 1. The van der Waals surface area contributed by atoms with Gasteiger partial charge in [-0.2, -0.15) is 0 Å². The third-order valence-electron chi connectivity index (χ3n) is 4.26. The van der Waals surface area contributed by atoms with E-state index in [1.165, 1.54) is 16.2 Å². The van der Waals surface area contributed by atoms with Crippen molar-refractivity contribution in [2.75, 3.05) is 18.6 Å². The molecule has 0 radical (unpaired) electrons. The second-order valence-electron chi connectivity index (χ2n) is 6.34. The molecule has 0 unspecified atom stereocenters. The molecule has 8 heteroatoms. The largest absolute Gasteiger partial charge is 0.452 e. The zero-order valence-corrected chi connectivity index (χ0v) is 17.7. The van der Waals surface area contributed by atoms with Gasteiger partial charge in [0.05, 0.1) is 16.1 Å². The fourth-order valence-electron chi connectivity index (χ4n) is 2.68. The summed E-state index contributed by atoms with van der Waals surface area (Å²) in [5, 5.41) is 5.10. The minimum atomic E-state index is -0.682. The monoisotopic (exact) mass is 442 g/mol. The summed E-state index contributed by atoms with van der Waals surface area (Å²) in [6, 6.07) is 17.2. The van der Waals surface area contributed by atoms with Crippen LogP contribution in [0.15, 0.2) is 66.0 Å². The molecular formula is C22H19ClN2O4S. The Labute approximate surface area is 183 Å². The standard InChI is InChI=1S/C22H19ClN2O4S/c1-25(21(27)19-7-4-12-30-19)18-6-3-2-5-17(18)22(28)29-14-20(26)24-13-15-8-10-16(23)11-9-15/h2-12H,13-14H2,1H3,(H,24,26). The first-order valence-corrected chi connectivity index (χ1v) is 10.3. The van der Waals surface area contributed by atoms with Crippen LogP contribution in [0.5, 0.6) is 0 Å². The third kappa shape index (κ3) is 5.46. The number of rotatable bonds is 7. The first kappa shape index (κ1) is 21.5. The highest BCUT2D eigenvalue weighted by Crippen LogP contribution is 2.23. The number of nitrogens with one attached hydrogen (secondary N) is 1. The number of carbonyl (C=O) groups is 3. The summed E-state index contributed by atoms with van der Waals surface area (Å²) in [6.45, 7) is -0.133. The number of halogens is 1. The Morgan fingerprint density at radius 1 is 1.03 bits per heavy atom. The number of anilines is 1. The van der Waals surface area contributed by atoms with Crippen LogP contribution in [-0.2, 0) is 16.1 Å². The molecule has 6 nitrogen and oxygen atoms in total. The highest BCUT2D eigenvalue weighted by Gasteiger charge is 2.21. The Hall–Kier alpha value is -3.16. The normalized spacial score (nSPS) is 10.3. The molecule has 30 heavy (non-hydrogen) atoms. The molecule has 0 aliphatic carbocycles. The summed E-state index contributed by atoms with van der Waals surface area (Å²) in [7, 11) is 1.59. The number of esters is 1. The van der Waals surface area contributed by atoms with Crippen LogP contribution in [0.2, 0.25) is 5.02 Å². The van der Waals surface area contributed by atoms with Crippen molar-refractivity contribution < 1.29 is 19.1 Å². The summed E-state index contributed by atoms with van der Waals surface area (Å²) in [5.41, 5.74) is 1.48. The average molecular weight is 443 g/mol. The van der Waals surface area contributed by atoms with Gasteiger partial charge in [-0.05, 0) is 41.3 Å². The van der Waals surface area contributed by atoms with Gasteiger partial charge < -0.3 is 15.0 Å². The third-order valence-corrected chi connectivity index (χ3v) is 5.37. The van der Waals surface area contributed by atoms with Crippen molar-refractivity contribution in [2.24, 2.45) is 0 Å². The summed E-state index contributed by atoms with van der Waals surface area (Å²) >= 11 is 7.15. The van der Waals surface area contributed by atoms with E-state index >= 15 is 0 Å². The zero-order valence-electron chi connectivity index (χ0n) is 16.1. The van der Waals surface area contributed by atoms with Gasteiger partial charge >= 0.3 is 5.97 Å². The molecule has 1 N–H and O–H groups in total. The Morgan fingerprint density at radius 2 is 1.77 bits per heavy atom. The second-order valence-corrected chi connectivity index (χ2v) is 7.72. The fourth-order valence-corrected chi connectivity index (χ4v) is 3.50. The molecule has 0 aliphatic heterocycles. The van der Waals surface area contributed by atoms with Gasteiger partial charge in [-0.15, -0.1) is 11.3 Å². The van der Waals surface area contributed by atoms with E-state index in [2.05, 4.69) is 5.32 Å². The quantitative estimate of drug-likeness (QED) is 0.558. The van der Waals surface area contributed by atoms with E-state index in [0.29, 0.717) is 22.1 Å². The topological polar surface area (TPSA) is 75.7 Å². The SMILES string of the molecule is CN(C(=O)c1cccs1)c1ccccc1C(=O)OCC(=O)NCc1ccc(Cl)cc1. The van der Waals surface area contributed by atoms with E-state index in [0.717, 1.165) is 5.56 Å². The Kier molecular flexibility index (Phi) is 7.21. The van der Waals surface area contributed by atoms with E-state index in [9.17, 15) is 14.4 Å². The lowest BCUT2D eigenvalue weighted by molar-refractivity contribution is -0.124. The molecule has 1 heterocycles. The molecule has 154 valence electrons. The van der Waals surface area contributed by atoms with Crippen molar-refractivity contribution in [1.29, 1.82) is 0 Å². The van der Waals surface area contributed by atoms with Crippen molar-refractivity contribution in [1.82, 2.24) is 5.32 Å². The molecular weight excluding hydrogens is 424 g/mol. The Balaban J connectivity index is 1.59. The highest BCUT2D eigenvalue weighted by atomic mass is 35.5. The van der Waals surface area contributed by atoms with Crippen LogP contribution in [0.25, 0.3) is 0 Å². The molecule has 0 spiro atoms. The summed E-state index contributed by atoms with van der Waals surface area (Å²) < 4.78 is 5.15. The second kappa shape index (κ2) is 10.0. The molecule has 0 saturated heterocycles. The molecule has 0 saturated carbocycles. The zero-order chi connectivity index (χ0) is 21.5. The lowest BCUT2D eigenvalue weighted by atomic mass is 10.1. The van der Waals surface area contributed by atoms with Crippen LogP contribution in [0, 0.1) is 0 Å². The van der Waals surface area contributed by atoms with Crippen LogP contribution in [0.3, 0.4) is 0 Å². The van der Waals surface area contributed by atoms with Gasteiger partial charge in [0, 0.05) is 18.6 Å². The van der Waals surface area contributed by atoms with Crippen molar-refractivity contribution in [2.45, 2.75) is 6.54 Å². The predicted molar refractivity (Wildman–Crippen MR) is 117 cm³/mol. The van der Waals surface area contributed by atoms with Gasteiger partial charge in [0.15, 0.2) is 6.61 Å². The summed E-state index contributed by atoms with van der Waals surface area (Å²) in [6.07, 6.45) is 0. The van der Waals surface area contributed by atoms with Crippen molar-refractivity contribution in [3.63, 3.8) is 0 Å². The van der Waals surface area contributed by atoms with Gasteiger partial charge in [-0.3, -0.25) is 9.59 Å². The van der Waals surface area contributed by atoms with Crippen LogP contribution < -0.4 is 10.2 Å². The maximum atomic E-state index is 12.6. The molecule has 3 rings (SSSR count).